The molecule has 0 radical (unpaired) electrons. The number of hydrogen-bond donors (Lipinski definition) is 1. The molecule has 1 N–H and O–H groups in total. The number of amides is 1. The zero-order chi connectivity index (χ0) is 22.5. The molecule has 7 nitrogen and oxygen atoms in total. The van der Waals surface area contributed by atoms with Crippen LogP contribution < -0.4 is 15.0 Å². The molecule has 0 aliphatic heterocycles. The number of carbonyl (C=O) groups excluding carboxylic acids is 1. The molecule has 0 aliphatic rings. The van der Waals surface area contributed by atoms with E-state index in [0.717, 1.165) is 6.42 Å². The molecule has 3 aromatic rings. The van der Waals surface area contributed by atoms with Gasteiger partial charge in [0.15, 0.2) is 11.5 Å². The summed E-state index contributed by atoms with van der Waals surface area (Å²) in [6.45, 7) is 6.42. The second-order valence-electron chi connectivity index (χ2n) is 7.39. The van der Waals surface area contributed by atoms with E-state index in [1.165, 1.54) is 7.11 Å². The Morgan fingerprint density at radius 2 is 2.00 bits per heavy atom. The Labute approximate surface area is 186 Å². The summed E-state index contributed by atoms with van der Waals surface area (Å²) in [5, 5.41) is 0.810. The van der Waals surface area contributed by atoms with Crippen molar-refractivity contribution in [3.05, 3.63) is 63.2 Å². The largest absolute Gasteiger partial charge is 0.493 e. The van der Waals surface area contributed by atoms with Crippen molar-refractivity contribution >= 4 is 28.4 Å². The van der Waals surface area contributed by atoms with Gasteiger partial charge in [0, 0.05) is 11.6 Å². The van der Waals surface area contributed by atoms with Crippen molar-refractivity contribution in [2.75, 3.05) is 13.7 Å². The molecule has 0 saturated carbocycles. The first-order chi connectivity index (χ1) is 14.8. The van der Waals surface area contributed by atoms with E-state index in [9.17, 15) is 9.59 Å². The maximum absolute atomic E-state index is 13.3. The third-order valence-electron chi connectivity index (χ3n) is 4.79. The van der Waals surface area contributed by atoms with Crippen LogP contribution in [0.2, 0.25) is 5.02 Å². The van der Waals surface area contributed by atoms with Crippen molar-refractivity contribution in [1.29, 1.82) is 0 Å². The van der Waals surface area contributed by atoms with Crippen LogP contribution in [0.15, 0.2) is 41.2 Å². The number of hydrogen-bond acceptors (Lipinski definition) is 5. The van der Waals surface area contributed by atoms with Crippen molar-refractivity contribution in [2.24, 2.45) is 0 Å². The Balaban J connectivity index is 1.94. The molecule has 0 unspecified atom stereocenters. The zero-order valence-corrected chi connectivity index (χ0v) is 18.8. The maximum Gasteiger partial charge on any atom is 0.258 e. The van der Waals surface area contributed by atoms with Crippen molar-refractivity contribution in [3.8, 4) is 11.5 Å². The van der Waals surface area contributed by atoms with E-state index in [4.69, 9.17) is 21.1 Å². The summed E-state index contributed by atoms with van der Waals surface area (Å²) >= 11 is 6.39. The quantitative estimate of drug-likeness (QED) is 0.556. The Morgan fingerprint density at radius 1 is 1.26 bits per heavy atom. The molecule has 2 aromatic carbocycles. The summed E-state index contributed by atoms with van der Waals surface area (Å²) in [6, 6.07) is 10.1. The lowest BCUT2D eigenvalue weighted by Gasteiger charge is -2.27. The van der Waals surface area contributed by atoms with Crippen molar-refractivity contribution in [3.63, 3.8) is 0 Å². The second-order valence-corrected chi connectivity index (χ2v) is 7.80. The molecular formula is C23H26ClN3O4. The molecule has 3 rings (SSSR count). The van der Waals surface area contributed by atoms with E-state index in [1.54, 1.807) is 35.2 Å². The molecule has 1 heterocycles. The van der Waals surface area contributed by atoms with Gasteiger partial charge in [-0.1, -0.05) is 30.7 Å². The first-order valence-electron chi connectivity index (χ1n) is 10.1. The van der Waals surface area contributed by atoms with Crippen LogP contribution in [-0.2, 0) is 6.54 Å². The number of ether oxygens (including phenoxy) is 2. The van der Waals surface area contributed by atoms with Gasteiger partial charge in [-0.15, -0.1) is 0 Å². The van der Waals surface area contributed by atoms with Gasteiger partial charge in [0.25, 0.3) is 11.5 Å². The number of halogens is 1. The number of methoxy groups -OCH3 is 1. The van der Waals surface area contributed by atoms with E-state index >= 15 is 0 Å². The SMILES string of the molecule is CCCOc1c(Cl)cc(C(=O)N(Cc2nc3ccccc3c(=O)[nH]2)C(C)C)cc1OC. The van der Waals surface area contributed by atoms with Gasteiger partial charge in [-0.05, 0) is 44.5 Å². The fraction of sp³-hybridized carbons (Fsp3) is 0.348. The molecule has 0 bridgehead atoms. The van der Waals surface area contributed by atoms with Gasteiger partial charge in [-0.25, -0.2) is 4.98 Å². The first kappa shape index (κ1) is 22.6. The lowest BCUT2D eigenvalue weighted by atomic mass is 10.1. The maximum atomic E-state index is 13.3. The van der Waals surface area contributed by atoms with Crippen LogP contribution in [0.4, 0.5) is 0 Å². The molecule has 0 atom stereocenters. The standard InChI is InChI=1S/C23H26ClN3O4/c1-5-10-31-21-17(24)11-15(12-19(21)30-4)23(29)27(14(2)3)13-20-25-18-9-7-6-8-16(18)22(28)26-20/h6-9,11-12,14H,5,10,13H2,1-4H3,(H,25,26,28). The van der Waals surface area contributed by atoms with Gasteiger partial charge >= 0.3 is 0 Å². The molecule has 0 fully saturated rings. The molecule has 0 saturated heterocycles. The highest BCUT2D eigenvalue weighted by molar-refractivity contribution is 6.32. The number of H-pyrrole nitrogens is 1. The lowest BCUT2D eigenvalue weighted by molar-refractivity contribution is 0.0684. The Hall–Kier alpha value is -3.06. The Bertz CT molecular complexity index is 1140. The Morgan fingerprint density at radius 3 is 2.68 bits per heavy atom. The highest BCUT2D eigenvalue weighted by Crippen LogP contribution is 2.37. The molecular weight excluding hydrogens is 418 g/mol. The van der Waals surface area contributed by atoms with Crippen LogP contribution in [-0.4, -0.2) is 40.5 Å². The van der Waals surface area contributed by atoms with Gasteiger partial charge in [0.1, 0.15) is 5.82 Å². The fourth-order valence-electron chi connectivity index (χ4n) is 3.21. The van der Waals surface area contributed by atoms with E-state index in [2.05, 4.69) is 9.97 Å². The van der Waals surface area contributed by atoms with Crippen molar-refractivity contribution in [2.45, 2.75) is 39.8 Å². The monoisotopic (exact) mass is 443 g/mol. The van der Waals surface area contributed by atoms with Crippen LogP contribution >= 0.6 is 11.6 Å². The average Bonchev–Trinajstić information content (AvgIpc) is 2.75. The molecule has 1 amide bonds. The van der Waals surface area contributed by atoms with Gasteiger partial charge in [0.05, 0.1) is 36.2 Å². The number of nitrogens with one attached hydrogen (secondary N) is 1. The third kappa shape index (κ3) is 4.99. The van der Waals surface area contributed by atoms with E-state index < -0.39 is 0 Å². The number of fused-ring (bicyclic) bond motifs is 1. The second kappa shape index (κ2) is 9.83. The average molecular weight is 444 g/mol. The topological polar surface area (TPSA) is 84.5 Å². The van der Waals surface area contributed by atoms with Gasteiger partial charge in [0.2, 0.25) is 0 Å². The van der Waals surface area contributed by atoms with Crippen LogP contribution in [0, 0.1) is 0 Å². The van der Waals surface area contributed by atoms with Crippen LogP contribution in [0.1, 0.15) is 43.4 Å². The predicted octanol–water partition coefficient (Wildman–Crippen LogP) is 4.42. The number of rotatable bonds is 8. The van der Waals surface area contributed by atoms with Crippen LogP contribution in [0.5, 0.6) is 11.5 Å². The summed E-state index contributed by atoms with van der Waals surface area (Å²) in [6.07, 6.45) is 0.818. The summed E-state index contributed by atoms with van der Waals surface area (Å²) in [5.74, 6) is 0.962. The van der Waals surface area contributed by atoms with Crippen molar-refractivity contribution < 1.29 is 14.3 Å². The first-order valence-corrected chi connectivity index (χ1v) is 10.5. The molecule has 0 aliphatic carbocycles. The number of benzene rings is 2. The van der Waals surface area contributed by atoms with E-state index in [0.29, 0.717) is 45.4 Å². The summed E-state index contributed by atoms with van der Waals surface area (Å²) in [7, 11) is 1.50. The molecule has 8 heteroatoms. The minimum Gasteiger partial charge on any atom is -0.493 e. The number of carbonyl (C=O) groups is 1. The lowest BCUT2D eigenvalue weighted by Crippen LogP contribution is -2.37. The van der Waals surface area contributed by atoms with Crippen LogP contribution in [0.25, 0.3) is 10.9 Å². The summed E-state index contributed by atoms with van der Waals surface area (Å²) < 4.78 is 11.1. The number of para-hydroxylation sites is 1. The summed E-state index contributed by atoms with van der Waals surface area (Å²) in [5.41, 5.74) is 0.709. The normalized spacial score (nSPS) is 11.0. The molecule has 0 spiro atoms. The fourth-order valence-corrected chi connectivity index (χ4v) is 3.48. The number of nitrogens with zero attached hydrogens (tertiary/aromatic N) is 2. The zero-order valence-electron chi connectivity index (χ0n) is 18.1. The van der Waals surface area contributed by atoms with Gasteiger partial charge in [-0.2, -0.15) is 0 Å². The van der Waals surface area contributed by atoms with Gasteiger partial charge < -0.3 is 19.4 Å². The highest BCUT2D eigenvalue weighted by Gasteiger charge is 2.23. The van der Waals surface area contributed by atoms with Crippen LogP contribution in [0.3, 0.4) is 0 Å². The molecule has 164 valence electrons. The minimum absolute atomic E-state index is 0.143. The third-order valence-corrected chi connectivity index (χ3v) is 5.07. The van der Waals surface area contributed by atoms with Crippen molar-refractivity contribution in [1.82, 2.24) is 14.9 Å². The van der Waals surface area contributed by atoms with E-state index in [-0.39, 0.29) is 24.1 Å². The van der Waals surface area contributed by atoms with E-state index in [1.807, 2.05) is 26.8 Å². The number of aromatic nitrogens is 2. The molecule has 1 aromatic heterocycles. The number of aromatic amines is 1. The summed E-state index contributed by atoms with van der Waals surface area (Å²) in [4.78, 5) is 34.6. The van der Waals surface area contributed by atoms with Gasteiger partial charge in [-0.3, -0.25) is 9.59 Å². The minimum atomic E-state index is -0.256. The smallest absolute Gasteiger partial charge is 0.258 e. The predicted molar refractivity (Wildman–Crippen MR) is 121 cm³/mol. The highest BCUT2D eigenvalue weighted by atomic mass is 35.5. The Kier molecular flexibility index (Phi) is 7.17. The molecule has 31 heavy (non-hydrogen) atoms.